The van der Waals surface area contributed by atoms with Crippen LogP contribution < -0.4 is 5.32 Å². The number of nitrogens with one attached hydrogen (secondary N) is 1. The number of benzene rings is 1. The number of halogens is 3. The second-order valence-corrected chi connectivity index (χ2v) is 6.97. The first-order chi connectivity index (χ1) is 11.5. The van der Waals surface area contributed by atoms with Crippen LogP contribution in [-0.4, -0.2) is 30.6 Å². The molecule has 2 nitrogen and oxygen atoms in total. The first kappa shape index (κ1) is 17.5. The molecule has 1 heterocycles. The summed E-state index contributed by atoms with van der Waals surface area (Å²) >= 11 is 0. The molecule has 0 aromatic heterocycles. The molecule has 0 spiro atoms. The molecule has 3 rings (SSSR count). The van der Waals surface area contributed by atoms with Gasteiger partial charge in [-0.2, -0.15) is 13.2 Å². The molecule has 2 aliphatic rings. The van der Waals surface area contributed by atoms with Gasteiger partial charge in [0, 0.05) is 18.6 Å². The maximum absolute atomic E-state index is 13.0. The lowest BCUT2D eigenvalue weighted by atomic mass is 9.96. The van der Waals surface area contributed by atoms with Gasteiger partial charge in [0.2, 0.25) is 0 Å². The fraction of sp³-hybridized carbons (Fsp3) is 0.579. The Morgan fingerprint density at radius 2 is 1.92 bits per heavy atom. The Balaban J connectivity index is 1.67. The van der Waals surface area contributed by atoms with E-state index >= 15 is 0 Å². The van der Waals surface area contributed by atoms with Crippen LogP contribution in [0.1, 0.15) is 42.9 Å². The molecule has 0 radical (unpaired) electrons. The third-order valence-corrected chi connectivity index (χ3v) is 5.06. The van der Waals surface area contributed by atoms with Crippen LogP contribution in [0.3, 0.4) is 0 Å². The molecular weight excluding hydrogens is 313 g/mol. The summed E-state index contributed by atoms with van der Waals surface area (Å²) in [5.41, 5.74) is 0.231. The van der Waals surface area contributed by atoms with E-state index in [0.29, 0.717) is 12.0 Å². The van der Waals surface area contributed by atoms with Crippen LogP contribution in [0.25, 0.3) is 0 Å². The average molecular weight is 338 g/mol. The van der Waals surface area contributed by atoms with E-state index in [-0.39, 0.29) is 6.04 Å². The third kappa shape index (κ3) is 4.39. The minimum atomic E-state index is -4.28. The van der Waals surface area contributed by atoms with Crippen molar-refractivity contribution in [1.29, 1.82) is 0 Å². The van der Waals surface area contributed by atoms with Gasteiger partial charge in [0.15, 0.2) is 0 Å². The Morgan fingerprint density at radius 1 is 1.21 bits per heavy atom. The highest BCUT2D eigenvalue weighted by atomic mass is 19.4. The lowest BCUT2D eigenvalue weighted by Crippen LogP contribution is -2.44. The monoisotopic (exact) mass is 338 g/mol. The predicted molar refractivity (Wildman–Crippen MR) is 89.7 cm³/mol. The summed E-state index contributed by atoms with van der Waals surface area (Å²) in [7, 11) is 0. The number of alkyl halides is 3. The molecule has 24 heavy (non-hydrogen) atoms. The van der Waals surface area contributed by atoms with E-state index in [0.717, 1.165) is 56.9 Å². The summed E-state index contributed by atoms with van der Waals surface area (Å²) in [6.45, 7) is 6.72. The van der Waals surface area contributed by atoms with Crippen molar-refractivity contribution < 1.29 is 13.2 Å². The van der Waals surface area contributed by atoms with Gasteiger partial charge in [0.05, 0.1) is 5.56 Å². The van der Waals surface area contributed by atoms with E-state index in [1.807, 2.05) is 12.1 Å². The number of hydrogen-bond acceptors (Lipinski definition) is 2. The van der Waals surface area contributed by atoms with Crippen LogP contribution in [0.2, 0.25) is 0 Å². The van der Waals surface area contributed by atoms with Gasteiger partial charge < -0.3 is 5.32 Å². The van der Waals surface area contributed by atoms with Gasteiger partial charge in [-0.3, -0.25) is 4.90 Å². The molecule has 5 heteroatoms. The van der Waals surface area contributed by atoms with Crippen LogP contribution in [-0.2, 0) is 6.18 Å². The number of rotatable bonds is 6. The molecule has 1 aliphatic heterocycles. The fourth-order valence-electron chi connectivity index (χ4n) is 3.56. The van der Waals surface area contributed by atoms with Crippen molar-refractivity contribution in [2.45, 2.75) is 43.9 Å². The molecule has 1 aliphatic carbocycles. The molecule has 1 atom stereocenters. The molecule has 2 fully saturated rings. The lowest BCUT2D eigenvalue weighted by molar-refractivity contribution is -0.137. The zero-order valence-corrected chi connectivity index (χ0v) is 13.9. The first-order valence-corrected chi connectivity index (χ1v) is 8.74. The highest BCUT2D eigenvalue weighted by molar-refractivity contribution is 5.29. The van der Waals surface area contributed by atoms with Crippen LogP contribution in [0.4, 0.5) is 13.2 Å². The van der Waals surface area contributed by atoms with Crippen molar-refractivity contribution in [1.82, 2.24) is 10.2 Å². The molecule has 0 bridgehead atoms. The van der Waals surface area contributed by atoms with Crippen molar-refractivity contribution in [3.63, 3.8) is 0 Å². The van der Waals surface area contributed by atoms with Gasteiger partial charge in [-0.25, -0.2) is 0 Å². The van der Waals surface area contributed by atoms with Crippen LogP contribution in [0, 0.1) is 5.92 Å². The van der Waals surface area contributed by atoms with Crippen LogP contribution in [0.15, 0.2) is 36.9 Å². The molecule has 1 saturated carbocycles. The highest BCUT2D eigenvalue weighted by Crippen LogP contribution is 2.42. The number of piperidine rings is 1. The lowest BCUT2D eigenvalue weighted by Gasteiger charge is -2.34. The fourth-order valence-corrected chi connectivity index (χ4v) is 3.56. The maximum Gasteiger partial charge on any atom is 0.416 e. The standard InChI is InChI=1S/C19H25F3N2/c1-2-10-24-11-8-17(9-12-24)23-18(14-6-7-14)15-4-3-5-16(13-15)19(20,21)22/h2-5,13-14,17-18,23H,1,6-12H2. The normalized spacial score (nSPS) is 21.6. The topological polar surface area (TPSA) is 15.3 Å². The van der Waals surface area contributed by atoms with E-state index < -0.39 is 11.7 Å². The number of hydrogen-bond donors (Lipinski definition) is 1. The quantitative estimate of drug-likeness (QED) is 0.774. The molecule has 1 unspecified atom stereocenters. The Hall–Kier alpha value is -1.33. The summed E-state index contributed by atoms with van der Waals surface area (Å²) in [5, 5.41) is 3.66. The molecule has 0 amide bonds. The highest BCUT2D eigenvalue weighted by Gasteiger charge is 2.36. The Labute approximate surface area is 141 Å². The van der Waals surface area contributed by atoms with Gasteiger partial charge in [-0.1, -0.05) is 18.2 Å². The summed E-state index contributed by atoms with van der Waals surface area (Å²) in [4.78, 5) is 2.36. The smallest absolute Gasteiger partial charge is 0.307 e. The second-order valence-electron chi connectivity index (χ2n) is 6.97. The van der Waals surface area contributed by atoms with Crippen molar-refractivity contribution in [3.8, 4) is 0 Å². The summed E-state index contributed by atoms with van der Waals surface area (Å²) in [6, 6.07) is 6.26. The summed E-state index contributed by atoms with van der Waals surface area (Å²) in [5.74, 6) is 0.472. The average Bonchev–Trinajstić information content (AvgIpc) is 3.38. The SMILES string of the molecule is C=CCN1CCC(NC(c2cccc(C(F)(F)F)c2)C2CC2)CC1. The zero-order chi connectivity index (χ0) is 17.2. The largest absolute Gasteiger partial charge is 0.416 e. The van der Waals surface area contributed by atoms with E-state index in [4.69, 9.17) is 0 Å². The molecule has 1 aromatic carbocycles. The van der Waals surface area contributed by atoms with E-state index in [1.165, 1.54) is 12.1 Å². The Morgan fingerprint density at radius 3 is 2.50 bits per heavy atom. The minimum absolute atomic E-state index is 0.0447. The molecule has 132 valence electrons. The van der Waals surface area contributed by atoms with Gasteiger partial charge >= 0.3 is 6.18 Å². The number of nitrogens with zero attached hydrogens (tertiary/aromatic N) is 1. The number of likely N-dealkylation sites (tertiary alicyclic amines) is 1. The Kier molecular flexibility index (Phi) is 5.30. The Bertz CT molecular complexity index is 558. The van der Waals surface area contributed by atoms with E-state index in [1.54, 1.807) is 0 Å². The van der Waals surface area contributed by atoms with Gasteiger partial charge in [0.25, 0.3) is 0 Å². The van der Waals surface area contributed by atoms with E-state index in [2.05, 4.69) is 16.8 Å². The molecule has 1 aromatic rings. The second kappa shape index (κ2) is 7.28. The van der Waals surface area contributed by atoms with Gasteiger partial charge in [-0.05, 0) is 62.4 Å². The summed E-state index contributed by atoms with van der Waals surface area (Å²) in [6.07, 6.45) is 1.92. The third-order valence-electron chi connectivity index (χ3n) is 5.06. The van der Waals surface area contributed by atoms with Crippen LogP contribution >= 0.6 is 0 Å². The molecule has 1 N–H and O–H groups in total. The van der Waals surface area contributed by atoms with Gasteiger partial charge in [0.1, 0.15) is 0 Å². The van der Waals surface area contributed by atoms with E-state index in [9.17, 15) is 13.2 Å². The predicted octanol–water partition coefficient (Wildman–Crippen LogP) is 4.40. The van der Waals surface area contributed by atoms with Gasteiger partial charge in [-0.15, -0.1) is 6.58 Å². The van der Waals surface area contributed by atoms with Crippen LogP contribution in [0.5, 0.6) is 0 Å². The zero-order valence-electron chi connectivity index (χ0n) is 13.9. The van der Waals surface area contributed by atoms with Crippen molar-refractivity contribution >= 4 is 0 Å². The first-order valence-electron chi connectivity index (χ1n) is 8.74. The van der Waals surface area contributed by atoms with Crippen molar-refractivity contribution in [2.24, 2.45) is 5.92 Å². The summed E-state index contributed by atoms with van der Waals surface area (Å²) < 4.78 is 39.0. The minimum Gasteiger partial charge on any atom is -0.307 e. The molecule has 1 saturated heterocycles. The van der Waals surface area contributed by atoms with Crippen molar-refractivity contribution in [2.75, 3.05) is 19.6 Å². The molecular formula is C19H25F3N2. The maximum atomic E-state index is 13.0. The van der Waals surface area contributed by atoms with Crippen molar-refractivity contribution in [3.05, 3.63) is 48.0 Å².